The molecule has 130 valence electrons. The number of anilines is 1. The summed E-state index contributed by atoms with van der Waals surface area (Å²) in [5.41, 5.74) is 5.38. The second-order valence-electron chi connectivity index (χ2n) is 6.73. The monoisotopic (exact) mass is 337 g/mol. The molecule has 0 saturated carbocycles. The topological polar surface area (TPSA) is 58.2 Å². The van der Waals surface area contributed by atoms with Gasteiger partial charge in [-0.3, -0.25) is 4.79 Å². The molecule has 0 amide bonds. The van der Waals surface area contributed by atoms with Gasteiger partial charge in [-0.05, 0) is 44.9 Å². The highest BCUT2D eigenvalue weighted by Gasteiger charge is 2.15. The van der Waals surface area contributed by atoms with E-state index in [-0.39, 0.29) is 5.56 Å². The Bertz CT molecular complexity index is 996. The lowest BCUT2D eigenvalue weighted by molar-refractivity contribution is 0.459. The second-order valence-corrected chi connectivity index (χ2v) is 6.73. The van der Waals surface area contributed by atoms with Crippen molar-refractivity contribution in [2.24, 2.45) is 0 Å². The van der Waals surface area contributed by atoms with E-state index < -0.39 is 0 Å². The molecule has 5 nitrogen and oxygen atoms in total. The molecular formula is C20H23N3O2. The number of nitrogens with zero attached hydrogens (tertiary/aromatic N) is 2. The summed E-state index contributed by atoms with van der Waals surface area (Å²) in [6, 6.07) is 7.71. The first-order valence-corrected chi connectivity index (χ1v) is 8.24. The number of fused-ring (bicyclic) bond motifs is 1. The van der Waals surface area contributed by atoms with Crippen molar-refractivity contribution >= 4 is 16.6 Å². The number of nitrogens with one attached hydrogen (secondary N) is 1. The van der Waals surface area contributed by atoms with E-state index in [4.69, 9.17) is 4.74 Å². The zero-order valence-electron chi connectivity index (χ0n) is 15.5. The molecule has 3 rings (SSSR count). The van der Waals surface area contributed by atoms with E-state index in [1.807, 2.05) is 45.8 Å². The summed E-state index contributed by atoms with van der Waals surface area (Å²) in [4.78, 5) is 21.4. The molecule has 0 saturated heterocycles. The molecule has 3 aromatic rings. The summed E-state index contributed by atoms with van der Waals surface area (Å²) < 4.78 is 6.18. The molecule has 0 radical (unpaired) electrons. The smallest absolute Gasteiger partial charge is 0.250 e. The van der Waals surface area contributed by atoms with Gasteiger partial charge in [-0.15, -0.1) is 0 Å². The molecule has 5 heteroatoms. The molecule has 0 atom stereocenters. The minimum Gasteiger partial charge on any atom is -0.436 e. The first kappa shape index (κ1) is 17.0. The number of benzene rings is 1. The number of aromatic amines is 1. The Morgan fingerprint density at radius 3 is 2.24 bits per heavy atom. The van der Waals surface area contributed by atoms with Crippen molar-refractivity contribution in [3.63, 3.8) is 0 Å². The maximum Gasteiger partial charge on any atom is 0.250 e. The van der Waals surface area contributed by atoms with Gasteiger partial charge in [0.2, 0.25) is 5.88 Å². The van der Waals surface area contributed by atoms with Gasteiger partial charge in [0, 0.05) is 31.2 Å². The van der Waals surface area contributed by atoms with Crippen LogP contribution in [-0.2, 0) is 0 Å². The fourth-order valence-corrected chi connectivity index (χ4v) is 3.20. The maximum absolute atomic E-state index is 12.1. The molecule has 0 bridgehead atoms. The molecule has 0 fully saturated rings. The first-order chi connectivity index (χ1) is 11.8. The molecule has 0 aliphatic rings. The summed E-state index contributed by atoms with van der Waals surface area (Å²) in [5, 5.41) is 0.912. The van der Waals surface area contributed by atoms with Gasteiger partial charge in [0.15, 0.2) is 0 Å². The van der Waals surface area contributed by atoms with Crippen molar-refractivity contribution in [2.75, 3.05) is 19.0 Å². The van der Waals surface area contributed by atoms with Crippen molar-refractivity contribution in [2.45, 2.75) is 27.7 Å². The fraction of sp³-hybridized carbons (Fsp3) is 0.300. The minimum atomic E-state index is -0.177. The van der Waals surface area contributed by atoms with Crippen LogP contribution >= 0.6 is 0 Å². The van der Waals surface area contributed by atoms with E-state index in [0.717, 1.165) is 33.6 Å². The van der Waals surface area contributed by atoms with E-state index in [2.05, 4.69) is 29.0 Å². The van der Waals surface area contributed by atoms with E-state index >= 15 is 0 Å². The van der Waals surface area contributed by atoms with Gasteiger partial charge in [-0.1, -0.05) is 17.7 Å². The second kappa shape index (κ2) is 6.24. The molecule has 0 aliphatic heterocycles. The predicted molar refractivity (Wildman–Crippen MR) is 102 cm³/mol. The van der Waals surface area contributed by atoms with E-state index in [1.165, 1.54) is 5.56 Å². The third-order valence-corrected chi connectivity index (χ3v) is 4.19. The van der Waals surface area contributed by atoms with Crippen molar-refractivity contribution in [1.29, 1.82) is 0 Å². The van der Waals surface area contributed by atoms with Crippen LogP contribution in [-0.4, -0.2) is 24.1 Å². The lowest BCUT2D eigenvalue weighted by atomic mass is 10.1. The van der Waals surface area contributed by atoms with Crippen LogP contribution < -0.4 is 15.2 Å². The van der Waals surface area contributed by atoms with E-state index in [9.17, 15) is 4.79 Å². The minimum absolute atomic E-state index is 0.177. The number of hydrogen-bond acceptors (Lipinski definition) is 4. The molecule has 0 unspecified atom stereocenters. The highest BCUT2D eigenvalue weighted by molar-refractivity contribution is 5.94. The average molecular weight is 337 g/mol. The molecule has 25 heavy (non-hydrogen) atoms. The number of aryl methyl sites for hydroxylation is 4. The van der Waals surface area contributed by atoms with Crippen LogP contribution in [0, 0.1) is 27.7 Å². The number of pyridine rings is 2. The van der Waals surface area contributed by atoms with Crippen LogP contribution in [0.4, 0.5) is 5.69 Å². The van der Waals surface area contributed by atoms with Crippen LogP contribution in [0.5, 0.6) is 11.6 Å². The molecule has 1 N–H and O–H groups in total. The van der Waals surface area contributed by atoms with Gasteiger partial charge in [-0.25, -0.2) is 4.98 Å². The Labute approximate surface area is 147 Å². The quantitative estimate of drug-likeness (QED) is 0.784. The van der Waals surface area contributed by atoms with Crippen LogP contribution in [0.1, 0.15) is 22.4 Å². The van der Waals surface area contributed by atoms with Gasteiger partial charge in [-0.2, -0.15) is 0 Å². The summed E-state index contributed by atoms with van der Waals surface area (Å²) in [6.45, 7) is 8.01. The molecule has 0 aliphatic carbocycles. The summed E-state index contributed by atoms with van der Waals surface area (Å²) >= 11 is 0. The zero-order valence-corrected chi connectivity index (χ0v) is 15.5. The lowest BCUT2D eigenvalue weighted by Crippen LogP contribution is -2.15. The third-order valence-electron chi connectivity index (χ3n) is 4.19. The Balaban J connectivity index is 2.25. The standard InChI is InChI=1S/C20H23N3O2/c1-11-7-12(2)19(13(3)8-11)25-20-18-15(9-14(4)21-20)16(23(5)6)10-17(24)22-18/h7-10H,1-6H3,(H,22,24). The summed E-state index contributed by atoms with van der Waals surface area (Å²) in [5.74, 6) is 1.20. The fourth-order valence-electron chi connectivity index (χ4n) is 3.20. The van der Waals surface area contributed by atoms with Crippen molar-refractivity contribution in [3.05, 3.63) is 57.0 Å². The molecule has 0 spiro atoms. The van der Waals surface area contributed by atoms with Crippen LogP contribution in [0.3, 0.4) is 0 Å². The summed E-state index contributed by atoms with van der Waals surface area (Å²) in [6.07, 6.45) is 0. The van der Waals surface area contributed by atoms with Gasteiger partial charge in [0.25, 0.3) is 5.56 Å². The zero-order chi connectivity index (χ0) is 18.3. The number of aromatic nitrogens is 2. The first-order valence-electron chi connectivity index (χ1n) is 8.24. The predicted octanol–water partition coefficient (Wildman–Crippen LogP) is 4.02. The third kappa shape index (κ3) is 3.22. The largest absolute Gasteiger partial charge is 0.436 e. The molecule has 2 heterocycles. The SMILES string of the molecule is Cc1cc(C)c(Oc2nc(C)cc3c(N(C)C)cc(=O)[nH]c23)c(C)c1. The highest BCUT2D eigenvalue weighted by atomic mass is 16.5. The van der Waals surface area contributed by atoms with Gasteiger partial charge in [0.05, 0.1) is 5.69 Å². The number of ether oxygens (including phenoxy) is 1. The van der Waals surface area contributed by atoms with Gasteiger partial charge < -0.3 is 14.6 Å². The maximum atomic E-state index is 12.1. The van der Waals surface area contributed by atoms with Gasteiger partial charge >= 0.3 is 0 Å². The number of hydrogen-bond donors (Lipinski definition) is 1. The Hall–Kier alpha value is -2.82. The summed E-state index contributed by atoms with van der Waals surface area (Å²) in [7, 11) is 3.83. The van der Waals surface area contributed by atoms with E-state index in [1.54, 1.807) is 6.07 Å². The molecule has 1 aromatic carbocycles. The van der Waals surface area contributed by atoms with E-state index in [0.29, 0.717) is 11.4 Å². The van der Waals surface area contributed by atoms with Crippen LogP contribution in [0.15, 0.2) is 29.1 Å². The number of H-pyrrole nitrogens is 1. The number of rotatable bonds is 3. The Kier molecular flexibility index (Phi) is 4.25. The Morgan fingerprint density at radius 2 is 1.64 bits per heavy atom. The lowest BCUT2D eigenvalue weighted by Gasteiger charge is -2.18. The Morgan fingerprint density at radius 1 is 1.00 bits per heavy atom. The molecule has 2 aromatic heterocycles. The normalized spacial score (nSPS) is 11.0. The average Bonchev–Trinajstić information content (AvgIpc) is 2.50. The van der Waals surface area contributed by atoms with Gasteiger partial charge in [0.1, 0.15) is 11.3 Å². The van der Waals surface area contributed by atoms with Crippen LogP contribution in [0.2, 0.25) is 0 Å². The van der Waals surface area contributed by atoms with Crippen molar-refractivity contribution in [1.82, 2.24) is 9.97 Å². The molecular weight excluding hydrogens is 314 g/mol. The van der Waals surface area contributed by atoms with Crippen LogP contribution in [0.25, 0.3) is 10.9 Å². The highest BCUT2D eigenvalue weighted by Crippen LogP contribution is 2.34. The van der Waals surface area contributed by atoms with Crippen molar-refractivity contribution in [3.8, 4) is 11.6 Å². The van der Waals surface area contributed by atoms with Crippen molar-refractivity contribution < 1.29 is 4.74 Å².